The number of amides is 1. The third-order valence-corrected chi connectivity index (χ3v) is 3.60. The molecule has 2 rings (SSSR count). The van der Waals surface area contributed by atoms with Crippen LogP contribution in [0.15, 0.2) is 53.4 Å². The molecule has 0 unspecified atom stereocenters. The first-order valence-electron chi connectivity index (χ1n) is 5.96. The topological polar surface area (TPSA) is 55.1 Å². The van der Waals surface area contributed by atoms with Gasteiger partial charge in [-0.1, -0.05) is 18.2 Å². The molecule has 2 aromatic carbocycles. The second-order valence-corrected chi connectivity index (χ2v) is 4.98. The lowest BCUT2D eigenvalue weighted by molar-refractivity contribution is 0.0999. The molecule has 0 spiro atoms. The fraction of sp³-hybridized carbons (Fsp3) is 0.133. The van der Waals surface area contributed by atoms with Gasteiger partial charge in [0, 0.05) is 22.7 Å². The normalized spacial score (nSPS) is 10.2. The summed E-state index contributed by atoms with van der Waals surface area (Å²) in [5.74, 6) is -0.393. The van der Waals surface area contributed by atoms with Gasteiger partial charge in [-0.2, -0.15) is 0 Å². The van der Waals surface area contributed by atoms with Gasteiger partial charge in [0.1, 0.15) is 0 Å². The van der Waals surface area contributed by atoms with Crippen LogP contribution in [0.2, 0.25) is 0 Å². The van der Waals surface area contributed by atoms with Crippen LogP contribution >= 0.6 is 11.8 Å². The van der Waals surface area contributed by atoms with Gasteiger partial charge in [0.2, 0.25) is 5.91 Å². The first-order valence-corrected chi connectivity index (χ1v) is 7.19. The molecule has 0 heterocycles. The van der Waals surface area contributed by atoms with Crippen molar-refractivity contribution < 1.29 is 4.79 Å². The van der Waals surface area contributed by atoms with Crippen LogP contribution in [0.3, 0.4) is 0 Å². The van der Waals surface area contributed by atoms with Crippen molar-refractivity contribution in [2.45, 2.75) is 11.4 Å². The Balaban J connectivity index is 2.07. The molecule has 0 fully saturated rings. The molecular formula is C15H16N2OS. The minimum absolute atomic E-state index is 0.393. The number of hydrogen-bond donors (Lipinski definition) is 2. The molecule has 0 aliphatic heterocycles. The Morgan fingerprint density at radius 1 is 1.16 bits per heavy atom. The molecule has 3 N–H and O–H groups in total. The largest absolute Gasteiger partial charge is 0.381 e. The molecule has 98 valence electrons. The van der Waals surface area contributed by atoms with Crippen LogP contribution in [0.5, 0.6) is 0 Å². The van der Waals surface area contributed by atoms with E-state index in [-0.39, 0.29) is 0 Å². The van der Waals surface area contributed by atoms with E-state index < -0.39 is 5.91 Å². The van der Waals surface area contributed by atoms with Gasteiger partial charge in [-0.25, -0.2) is 0 Å². The first kappa shape index (κ1) is 13.5. The molecule has 0 atom stereocenters. The fourth-order valence-corrected chi connectivity index (χ4v) is 2.23. The zero-order valence-corrected chi connectivity index (χ0v) is 11.5. The number of nitrogens with one attached hydrogen (secondary N) is 1. The van der Waals surface area contributed by atoms with Gasteiger partial charge >= 0.3 is 0 Å². The Kier molecular flexibility index (Phi) is 4.47. The lowest BCUT2D eigenvalue weighted by Gasteiger charge is -2.09. The molecule has 1 amide bonds. The number of benzene rings is 2. The van der Waals surface area contributed by atoms with E-state index in [1.807, 2.05) is 36.6 Å². The van der Waals surface area contributed by atoms with E-state index in [9.17, 15) is 4.79 Å². The number of thioether (sulfide) groups is 1. The number of carbonyl (C=O) groups excluding carboxylic acids is 1. The molecule has 0 bridgehead atoms. The highest BCUT2D eigenvalue weighted by Gasteiger charge is 2.06. The summed E-state index contributed by atoms with van der Waals surface area (Å²) in [5.41, 5.74) is 7.85. The Labute approximate surface area is 117 Å². The second-order valence-electron chi connectivity index (χ2n) is 4.10. The van der Waals surface area contributed by atoms with Crippen LogP contribution in [0.1, 0.15) is 15.9 Å². The van der Waals surface area contributed by atoms with Crippen molar-refractivity contribution in [1.82, 2.24) is 0 Å². The SMILES string of the molecule is CSc1ccc(NCc2ccccc2C(N)=O)cc1. The lowest BCUT2D eigenvalue weighted by Crippen LogP contribution is -2.15. The van der Waals surface area contributed by atoms with Gasteiger partial charge in [-0.05, 0) is 42.2 Å². The summed E-state index contributed by atoms with van der Waals surface area (Å²) in [6.45, 7) is 0.581. The molecule has 4 heteroatoms. The summed E-state index contributed by atoms with van der Waals surface area (Å²) >= 11 is 1.71. The molecule has 2 aromatic rings. The molecule has 0 aliphatic rings. The van der Waals surface area contributed by atoms with Crippen molar-refractivity contribution in [2.24, 2.45) is 5.73 Å². The summed E-state index contributed by atoms with van der Waals surface area (Å²) in [5, 5.41) is 3.29. The molecule has 0 saturated carbocycles. The molecule has 0 aliphatic carbocycles. The van der Waals surface area contributed by atoms with Gasteiger partial charge in [-0.15, -0.1) is 11.8 Å². The third-order valence-electron chi connectivity index (χ3n) is 2.86. The maximum absolute atomic E-state index is 11.3. The van der Waals surface area contributed by atoms with Crippen LogP contribution in [0.25, 0.3) is 0 Å². The number of anilines is 1. The average Bonchev–Trinajstić information content (AvgIpc) is 2.46. The van der Waals surface area contributed by atoms with E-state index in [4.69, 9.17) is 5.73 Å². The number of carbonyl (C=O) groups is 1. The molecule has 3 nitrogen and oxygen atoms in total. The number of primary amides is 1. The van der Waals surface area contributed by atoms with Crippen molar-refractivity contribution >= 4 is 23.4 Å². The smallest absolute Gasteiger partial charge is 0.249 e. The molecule has 0 aromatic heterocycles. The highest BCUT2D eigenvalue weighted by atomic mass is 32.2. The standard InChI is InChI=1S/C15H16N2OS/c1-19-13-8-6-12(7-9-13)17-10-11-4-2-3-5-14(11)15(16)18/h2-9,17H,10H2,1H3,(H2,16,18). The second kappa shape index (κ2) is 6.29. The quantitative estimate of drug-likeness (QED) is 0.822. The predicted octanol–water partition coefficient (Wildman–Crippen LogP) is 3.12. The molecule has 19 heavy (non-hydrogen) atoms. The van der Waals surface area contributed by atoms with E-state index in [0.717, 1.165) is 11.3 Å². The maximum atomic E-state index is 11.3. The lowest BCUT2D eigenvalue weighted by atomic mass is 10.1. The van der Waals surface area contributed by atoms with E-state index in [2.05, 4.69) is 17.4 Å². The van der Waals surface area contributed by atoms with Crippen molar-refractivity contribution in [3.63, 3.8) is 0 Å². The van der Waals surface area contributed by atoms with E-state index in [0.29, 0.717) is 12.1 Å². The number of rotatable bonds is 5. The summed E-state index contributed by atoms with van der Waals surface area (Å²) < 4.78 is 0. The number of hydrogen-bond acceptors (Lipinski definition) is 3. The van der Waals surface area contributed by atoms with Crippen LogP contribution in [-0.2, 0) is 6.54 Å². The van der Waals surface area contributed by atoms with Crippen molar-refractivity contribution in [3.8, 4) is 0 Å². The highest BCUT2D eigenvalue weighted by Crippen LogP contribution is 2.18. The Bertz CT molecular complexity index is 567. The van der Waals surface area contributed by atoms with Gasteiger partial charge < -0.3 is 11.1 Å². The zero-order chi connectivity index (χ0) is 13.7. The van der Waals surface area contributed by atoms with Gasteiger partial charge in [0.15, 0.2) is 0 Å². The molecular weight excluding hydrogens is 256 g/mol. The summed E-state index contributed by atoms with van der Waals surface area (Å²) in [6, 6.07) is 15.5. The average molecular weight is 272 g/mol. The molecule has 0 saturated heterocycles. The van der Waals surface area contributed by atoms with Gasteiger partial charge in [0.25, 0.3) is 0 Å². The highest BCUT2D eigenvalue weighted by molar-refractivity contribution is 7.98. The summed E-state index contributed by atoms with van der Waals surface area (Å²) in [6.07, 6.45) is 2.05. The summed E-state index contributed by atoms with van der Waals surface area (Å²) in [7, 11) is 0. The number of nitrogens with two attached hydrogens (primary N) is 1. The monoisotopic (exact) mass is 272 g/mol. The predicted molar refractivity (Wildman–Crippen MR) is 80.5 cm³/mol. The van der Waals surface area contributed by atoms with Gasteiger partial charge in [-0.3, -0.25) is 4.79 Å². The van der Waals surface area contributed by atoms with Crippen LogP contribution in [0.4, 0.5) is 5.69 Å². The van der Waals surface area contributed by atoms with E-state index in [1.54, 1.807) is 17.8 Å². The molecule has 0 radical (unpaired) electrons. The van der Waals surface area contributed by atoms with Crippen LogP contribution in [0, 0.1) is 0 Å². The van der Waals surface area contributed by atoms with E-state index >= 15 is 0 Å². The van der Waals surface area contributed by atoms with Crippen molar-refractivity contribution in [3.05, 3.63) is 59.7 Å². The van der Waals surface area contributed by atoms with Crippen LogP contribution in [-0.4, -0.2) is 12.2 Å². The Hall–Kier alpha value is -1.94. The Morgan fingerprint density at radius 2 is 1.84 bits per heavy atom. The first-order chi connectivity index (χ1) is 9.20. The zero-order valence-electron chi connectivity index (χ0n) is 10.7. The van der Waals surface area contributed by atoms with Crippen LogP contribution < -0.4 is 11.1 Å². The minimum Gasteiger partial charge on any atom is -0.381 e. The van der Waals surface area contributed by atoms with E-state index in [1.165, 1.54) is 4.90 Å². The van der Waals surface area contributed by atoms with Crippen molar-refractivity contribution in [1.29, 1.82) is 0 Å². The fourth-order valence-electron chi connectivity index (χ4n) is 1.82. The third kappa shape index (κ3) is 3.51. The minimum atomic E-state index is -0.393. The maximum Gasteiger partial charge on any atom is 0.249 e. The Morgan fingerprint density at radius 3 is 2.47 bits per heavy atom. The van der Waals surface area contributed by atoms with Gasteiger partial charge in [0.05, 0.1) is 0 Å². The van der Waals surface area contributed by atoms with Crippen molar-refractivity contribution in [2.75, 3.05) is 11.6 Å². The summed E-state index contributed by atoms with van der Waals surface area (Å²) in [4.78, 5) is 12.5.